The van der Waals surface area contributed by atoms with Crippen molar-refractivity contribution >= 4 is 27.6 Å². The summed E-state index contributed by atoms with van der Waals surface area (Å²) < 4.78 is 0.989. The van der Waals surface area contributed by atoms with Gasteiger partial charge in [0, 0.05) is 19.6 Å². The molecule has 1 aliphatic rings. The molecule has 0 bridgehead atoms. The summed E-state index contributed by atoms with van der Waals surface area (Å²) in [7, 11) is 0. The zero-order valence-electron chi connectivity index (χ0n) is 11.1. The molecule has 18 heavy (non-hydrogen) atoms. The van der Waals surface area contributed by atoms with Gasteiger partial charge in [0.05, 0.1) is 0 Å². The number of piperidine rings is 1. The van der Waals surface area contributed by atoms with E-state index < -0.39 is 0 Å². The number of nitrogens with zero attached hydrogens (tertiary/aromatic N) is 3. The molecule has 0 aliphatic carbocycles. The van der Waals surface area contributed by atoms with Crippen molar-refractivity contribution in [3.05, 3.63) is 10.8 Å². The van der Waals surface area contributed by atoms with E-state index in [1.807, 2.05) is 0 Å². The molecule has 0 saturated carbocycles. The Bertz CT molecular complexity index is 397. The van der Waals surface area contributed by atoms with E-state index in [0.717, 1.165) is 41.7 Å². The van der Waals surface area contributed by atoms with Crippen molar-refractivity contribution in [1.82, 2.24) is 9.97 Å². The Kier molecular flexibility index (Phi) is 4.80. The SMILES string of the molecule is CCNc1ncnc(N2CCCC(CC)C2)c1Br. The largest absolute Gasteiger partial charge is 0.369 e. The van der Waals surface area contributed by atoms with E-state index in [2.05, 4.69) is 50.0 Å². The summed E-state index contributed by atoms with van der Waals surface area (Å²) in [6.45, 7) is 7.41. The third kappa shape index (κ3) is 2.94. The van der Waals surface area contributed by atoms with Gasteiger partial charge in [-0.2, -0.15) is 0 Å². The van der Waals surface area contributed by atoms with Crippen LogP contribution in [0.15, 0.2) is 10.8 Å². The van der Waals surface area contributed by atoms with Crippen molar-refractivity contribution < 1.29 is 0 Å². The Balaban J connectivity index is 2.19. The van der Waals surface area contributed by atoms with Gasteiger partial charge in [0.25, 0.3) is 0 Å². The van der Waals surface area contributed by atoms with Gasteiger partial charge in [0.15, 0.2) is 0 Å². The van der Waals surface area contributed by atoms with E-state index in [4.69, 9.17) is 0 Å². The maximum absolute atomic E-state index is 4.44. The summed E-state index contributed by atoms with van der Waals surface area (Å²) in [5.41, 5.74) is 0. The van der Waals surface area contributed by atoms with Gasteiger partial charge in [-0.15, -0.1) is 0 Å². The van der Waals surface area contributed by atoms with Crippen LogP contribution in [0.3, 0.4) is 0 Å². The highest BCUT2D eigenvalue weighted by atomic mass is 79.9. The molecule has 4 nitrogen and oxygen atoms in total. The standard InChI is InChI=1S/C13H21BrN4/c1-3-10-6-5-7-18(8-10)13-11(14)12(15-4-2)16-9-17-13/h9-10H,3-8H2,1-2H3,(H,15,16,17). The lowest BCUT2D eigenvalue weighted by Gasteiger charge is -2.33. The average Bonchev–Trinajstić information content (AvgIpc) is 2.41. The summed E-state index contributed by atoms with van der Waals surface area (Å²) in [6.07, 6.45) is 5.49. The molecule has 5 heteroatoms. The minimum atomic E-state index is 0.795. The van der Waals surface area contributed by atoms with Crippen molar-refractivity contribution in [3.63, 3.8) is 0 Å². The second-order valence-electron chi connectivity index (χ2n) is 4.75. The maximum atomic E-state index is 4.44. The van der Waals surface area contributed by atoms with Gasteiger partial charge in [-0.1, -0.05) is 13.3 Å². The Labute approximate surface area is 117 Å². The van der Waals surface area contributed by atoms with Gasteiger partial charge >= 0.3 is 0 Å². The number of rotatable bonds is 4. The van der Waals surface area contributed by atoms with E-state index in [-0.39, 0.29) is 0 Å². The number of aromatic nitrogens is 2. The second-order valence-corrected chi connectivity index (χ2v) is 5.55. The summed E-state index contributed by atoms with van der Waals surface area (Å²) >= 11 is 3.63. The lowest BCUT2D eigenvalue weighted by Crippen LogP contribution is -2.36. The molecular formula is C13H21BrN4. The third-order valence-electron chi connectivity index (χ3n) is 3.51. The van der Waals surface area contributed by atoms with E-state index in [9.17, 15) is 0 Å². The lowest BCUT2D eigenvalue weighted by molar-refractivity contribution is 0.402. The first-order chi connectivity index (χ1) is 8.76. The number of hydrogen-bond acceptors (Lipinski definition) is 4. The van der Waals surface area contributed by atoms with Crippen molar-refractivity contribution in [2.75, 3.05) is 29.9 Å². The number of halogens is 1. The van der Waals surface area contributed by atoms with Crippen LogP contribution in [0.1, 0.15) is 33.1 Å². The van der Waals surface area contributed by atoms with Crippen LogP contribution >= 0.6 is 15.9 Å². The zero-order chi connectivity index (χ0) is 13.0. The second kappa shape index (κ2) is 6.36. The predicted octanol–water partition coefficient (Wildman–Crippen LogP) is 3.30. The quantitative estimate of drug-likeness (QED) is 0.926. The van der Waals surface area contributed by atoms with Crippen LogP contribution < -0.4 is 10.2 Å². The summed E-state index contributed by atoms with van der Waals surface area (Å²) in [5.74, 6) is 2.71. The number of anilines is 2. The molecule has 100 valence electrons. The summed E-state index contributed by atoms with van der Waals surface area (Å²) in [4.78, 5) is 11.1. The molecule has 1 fully saturated rings. The van der Waals surface area contributed by atoms with Crippen LogP contribution in [0, 0.1) is 5.92 Å². The molecule has 1 unspecified atom stereocenters. The molecule has 1 aliphatic heterocycles. The van der Waals surface area contributed by atoms with Gasteiger partial charge in [-0.05, 0) is 41.6 Å². The highest BCUT2D eigenvalue weighted by molar-refractivity contribution is 9.10. The first-order valence-corrected chi connectivity index (χ1v) is 7.54. The van der Waals surface area contributed by atoms with Crippen molar-refractivity contribution in [2.45, 2.75) is 33.1 Å². The van der Waals surface area contributed by atoms with Crippen LogP contribution in [-0.2, 0) is 0 Å². The first kappa shape index (κ1) is 13.6. The normalized spacial score (nSPS) is 19.9. The monoisotopic (exact) mass is 312 g/mol. The van der Waals surface area contributed by atoms with Gasteiger partial charge in [0.2, 0.25) is 0 Å². The van der Waals surface area contributed by atoms with Crippen molar-refractivity contribution in [1.29, 1.82) is 0 Å². The van der Waals surface area contributed by atoms with Crippen LogP contribution in [0.4, 0.5) is 11.6 Å². The van der Waals surface area contributed by atoms with E-state index in [1.165, 1.54) is 19.3 Å². The average molecular weight is 313 g/mol. The number of nitrogens with one attached hydrogen (secondary N) is 1. The Hall–Kier alpha value is -0.840. The van der Waals surface area contributed by atoms with Crippen molar-refractivity contribution in [3.8, 4) is 0 Å². The Morgan fingerprint density at radius 3 is 3.00 bits per heavy atom. The Morgan fingerprint density at radius 1 is 1.44 bits per heavy atom. The van der Waals surface area contributed by atoms with E-state index in [0.29, 0.717) is 0 Å². The Morgan fingerprint density at radius 2 is 2.28 bits per heavy atom. The van der Waals surface area contributed by atoms with E-state index >= 15 is 0 Å². The lowest BCUT2D eigenvalue weighted by atomic mass is 9.96. The maximum Gasteiger partial charge on any atom is 0.148 e. The molecule has 0 spiro atoms. The van der Waals surface area contributed by atoms with Crippen LogP contribution in [0.5, 0.6) is 0 Å². The summed E-state index contributed by atoms with van der Waals surface area (Å²) in [6, 6.07) is 0. The van der Waals surface area contributed by atoms with Gasteiger partial charge in [-0.25, -0.2) is 9.97 Å². The molecule has 1 aromatic rings. The van der Waals surface area contributed by atoms with Crippen LogP contribution in [0.2, 0.25) is 0 Å². The third-order valence-corrected chi connectivity index (χ3v) is 4.24. The van der Waals surface area contributed by atoms with Crippen molar-refractivity contribution in [2.24, 2.45) is 5.92 Å². The van der Waals surface area contributed by atoms with E-state index in [1.54, 1.807) is 6.33 Å². The van der Waals surface area contributed by atoms with Gasteiger partial charge in [0.1, 0.15) is 22.4 Å². The fourth-order valence-corrected chi connectivity index (χ4v) is 3.06. The molecule has 1 saturated heterocycles. The molecule has 2 rings (SSSR count). The molecule has 1 aromatic heterocycles. The smallest absolute Gasteiger partial charge is 0.148 e. The molecule has 0 radical (unpaired) electrons. The molecule has 0 amide bonds. The fraction of sp³-hybridized carbons (Fsp3) is 0.692. The van der Waals surface area contributed by atoms with Crippen LogP contribution in [-0.4, -0.2) is 29.6 Å². The molecule has 0 aromatic carbocycles. The molecule has 1 N–H and O–H groups in total. The summed E-state index contributed by atoms with van der Waals surface area (Å²) in [5, 5.41) is 3.26. The topological polar surface area (TPSA) is 41.1 Å². The van der Waals surface area contributed by atoms with Gasteiger partial charge in [-0.3, -0.25) is 0 Å². The predicted molar refractivity (Wildman–Crippen MR) is 79.1 cm³/mol. The number of hydrogen-bond donors (Lipinski definition) is 1. The minimum absolute atomic E-state index is 0.795. The molecular weight excluding hydrogens is 292 g/mol. The zero-order valence-corrected chi connectivity index (χ0v) is 12.7. The molecule has 1 atom stereocenters. The highest BCUT2D eigenvalue weighted by Crippen LogP contribution is 2.32. The van der Waals surface area contributed by atoms with Gasteiger partial charge < -0.3 is 10.2 Å². The molecule has 2 heterocycles. The minimum Gasteiger partial charge on any atom is -0.369 e. The first-order valence-electron chi connectivity index (χ1n) is 6.75. The highest BCUT2D eigenvalue weighted by Gasteiger charge is 2.22. The van der Waals surface area contributed by atoms with Crippen LogP contribution in [0.25, 0.3) is 0 Å². The fourth-order valence-electron chi connectivity index (χ4n) is 2.46.